The molecule has 2 aromatic rings. The Hall–Kier alpha value is -1.85. The van der Waals surface area contributed by atoms with E-state index in [9.17, 15) is 4.79 Å². The number of fused-ring (bicyclic) bond motifs is 1. The number of piperazine rings is 1. The van der Waals surface area contributed by atoms with Crippen molar-refractivity contribution in [3.05, 3.63) is 52.2 Å². The van der Waals surface area contributed by atoms with Gasteiger partial charge in [0.25, 0.3) is 0 Å². The number of carbonyl (C=O) groups is 1. The molecule has 25 heavy (non-hydrogen) atoms. The molecule has 1 saturated heterocycles. The van der Waals surface area contributed by atoms with E-state index in [4.69, 9.17) is 0 Å². The van der Waals surface area contributed by atoms with E-state index >= 15 is 0 Å². The monoisotopic (exact) mass is 355 g/mol. The molecule has 0 N–H and O–H groups in total. The quantitative estimate of drug-likeness (QED) is 0.847. The molecule has 1 atom stereocenters. The lowest BCUT2D eigenvalue weighted by Gasteiger charge is -2.38. The molecule has 2 aliphatic heterocycles. The first-order valence-electron chi connectivity index (χ1n) is 9.10. The third-order valence-corrected chi connectivity index (χ3v) is 6.49. The maximum Gasteiger partial charge on any atom is 0.236 e. The molecule has 1 fully saturated rings. The summed E-state index contributed by atoms with van der Waals surface area (Å²) in [6.07, 6.45) is 1.08. The fraction of sp³-hybridized carbons (Fsp3) is 0.450. The van der Waals surface area contributed by atoms with E-state index in [1.165, 1.54) is 16.1 Å². The van der Waals surface area contributed by atoms with Crippen LogP contribution in [-0.2, 0) is 11.2 Å². The van der Waals surface area contributed by atoms with Crippen LogP contribution in [0.15, 0.2) is 41.8 Å². The lowest BCUT2D eigenvalue weighted by atomic mass is 10.0. The van der Waals surface area contributed by atoms with E-state index in [1.54, 1.807) is 0 Å². The predicted octanol–water partition coefficient (Wildman–Crippen LogP) is 3.02. The third-order valence-electron chi connectivity index (χ3n) is 5.50. The van der Waals surface area contributed by atoms with Gasteiger partial charge in [0, 0.05) is 49.3 Å². The Kier molecular flexibility index (Phi) is 4.77. The minimum atomic E-state index is 0.276. The number of anilines is 1. The molecule has 0 saturated carbocycles. The van der Waals surface area contributed by atoms with Crippen LogP contribution >= 0.6 is 11.3 Å². The van der Waals surface area contributed by atoms with Gasteiger partial charge in [-0.15, -0.1) is 11.3 Å². The molecule has 1 aromatic carbocycles. The second-order valence-corrected chi connectivity index (χ2v) is 7.90. The molecular formula is C20H25N3OS. The molecule has 0 spiro atoms. The second kappa shape index (κ2) is 7.18. The van der Waals surface area contributed by atoms with Gasteiger partial charge in [-0.05, 0) is 42.5 Å². The maximum absolute atomic E-state index is 12.8. The van der Waals surface area contributed by atoms with Gasteiger partial charge in [-0.1, -0.05) is 18.2 Å². The van der Waals surface area contributed by atoms with Crippen molar-refractivity contribution in [2.75, 3.05) is 44.2 Å². The van der Waals surface area contributed by atoms with Crippen molar-refractivity contribution in [3.8, 4) is 0 Å². The summed E-state index contributed by atoms with van der Waals surface area (Å²) in [7, 11) is 0. The number of rotatable bonds is 3. The zero-order valence-corrected chi connectivity index (χ0v) is 15.5. The van der Waals surface area contributed by atoms with Gasteiger partial charge in [0.05, 0.1) is 6.54 Å². The standard InChI is InChI=1S/C20H25N3OS/c1-16-18-8-14-25-19(18)7-9-23(16)15-20(24)22-12-10-21(11-13-22)17-5-3-2-4-6-17/h2-6,8,14,16H,7,9-13,15H2,1H3. The summed E-state index contributed by atoms with van der Waals surface area (Å²) in [5.41, 5.74) is 2.67. The fourth-order valence-corrected chi connectivity index (χ4v) is 4.87. The minimum Gasteiger partial charge on any atom is -0.368 e. The second-order valence-electron chi connectivity index (χ2n) is 6.90. The van der Waals surface area contributed by atoms with Crippen LogP contribution < -0.4 is 4.90 Å². The summed E-state index contributed by atoms with van der Waals surface area (Å²) in [5, 5.41) is 2.18. The number of hydrogen-bond acceptors (Lipinski definition) is 4. The van der Waals surface area contributed by atoms with Crippen molar-refractivity contribution >= 4 is 22.9 Å². The zero-order valence-electron chi connectivity index (χ0n) is 14.7. The van der Waals surface area contributed by atoms with Crippen molar-refractivity contribution < 1.29 is 4.79 Å². The van der Waals surface area contributed by atoms with Gasteiger partial charge in [-0.25, -0.2) is 0 Å². The van der Waals surface area contributed by atoms with E-state index in [-0.39, 0.29) is 5.91 Å². The highest BCUT2D eigenvalue weighted by Crippen LogP contribution is 2.32. The highest BCUT2D eigenvalue weighted by atomic mass is 32.1. The Balaban J connectivity index is 1.32. The molecule has 0 radical (unpaired) electrons. The van der Waals surface area contributed by atoms with E-state index in [1.807, 2.05) is 22.3 Å². The van der Waals surface area contributed by atoms with Crippen LogP contribution in [-0.4, -0.2) is 55.0 Å². The minimum absolute atomic E-state index is 0.276. The van der Waals surface area contributed by atoms with Crippen LogP contribution in [0.3, 0.4) is 0 Å². The van der Waals surface area contributed by atoms with Gasteiger partial charge in [-0.2, -0.15) is 0 Å². The Morgan fingerprint density at radius 1 is 1.08 bits per heavy atom. The molecule has 1 amide bonds. The number of amides is 1. The topological polar surface area (TPSA) is 26.8 Å². The highest BCUT2D eigenvalue weighted by molar-refractivity contribution is 7.10. The molecule has 5 heteroatoms. The zero-order chi connectivity index (χ0) is 17.2. The van der Waals surface area contributed by atoms with Gasteiger partial charge >= 0.3 is 0 Å². The average Bonchev–Trinajstić information content (AvgIpc) is 3.14. The molecule has 2 aliphatic rings. The summed E-state index contributed by atoms with van der Waals surface area (Å²) in [4.78, 5) is 21.0. The van der Waals surface area contributed by atoms with Gasteiger partial charge < -0.3 is 9.80 Å². The summed E-state index contributed by atoms with van der Waals surface area (Å²) >= 11 is 1.85. The first-order valence-corrected chi connectivity index (χ1v) is 9.98. The SMILES string of the molecule is CC1c2ccsc2CCN1CC(=O)N1CCN(c2ccccc2)CC1. The fourth-order valence-electron chi connectivity index (χ4n) is 3.90. The van der Waals surface area contributed by atoms with Crippen molar-refractivity contribution in [1.82, 2.24) is 9.80 Å². The van der Waals surface area contributed by atoms with Crippen molar-refractivity contribution in [3.63, 3.8) is 0 Å². The number of hydrogen-bond donors (Lipinski definition) is 0. The maximum atomic E-state index is 12.8. The van der Waals surface area contributed by atoms with E-state index < -0.39 is 0 Å². The largest absolute Gasteiger partial charge is 0.368 e. The first-order chi connectivity index (χ1) is 12.2. The van der Waals surface area contributed by atoms with E-state index in [2.05, 4.69) is 52.4 Å². The first kappa shape index (κ1) is 16.6. The Bertz CT molecular complexity index is 722. The summed E-state index contributed by atoms with van der Waals surface area (Å²) in [5.74, 6) is 0.276. The number of nitrogens with zero attached hydrogens (tertiary/aromatic N) is 3. The Morgan fingerprint density at radius 3 is 2.60 bits per heavy atom. The van der Waals surface area contributed by atoms with Crippen LogP contribution in [0.25, 0.3) is 0 Å². The number of carbonyl (C=O) groups excluding carboxylic acids is 1. The Labute approximate surface area is 153 Å². The van der Waals surface area contributed by atoms with Crippen LogP contribution in [0.2, 0.25) is 0 Å². The van der Waals surface area contributed by atoms with Crippen LogP contribution in [0, 0.1) is 0 Å². The van der Waals surface area contributed by atoms with Gasteiger partial charge in [0.15, 0.2) is 0 Å². The molecule has 4 nitrogen and oxygen atoms in total. The summed E-state index contributed by atoms with van der Waals surface area (Å²) in [6, 6.07) is 13.1. The normalized spacial score (nSPS) is 21.2. The number of para-hydroxylation sites is 1. The van der Waals surface area contributed by atoms with Gasteiger partial charge in [0.1, 0.15) is 0 Å². The summed E-state index contributed by atoms with van der Waals surface area (Å²) in [6.45, 7) is 7.23. The van der Waals surface area contributed by atoms with Crippen LogP contribution in [0.5, 0.6) is 0 Å². The van der Waals surface area contributed by atoms with Crippen molar-refractivity contribution in [1.29, 1.82) is 0 Å². The molecule has 0 bridgehead atoms. The highest BCUT2D eigenvalue weighted by Gasteiger charge is 2.28. The van der Waals surface area contributed by atoms with Crippen molar-refractivity contribution in [2.24, 2.45) is 0 Å². The molecule has 132 valence electrons. The molecule has 4 rings (SSSR count). The van der Waals surface area contributed by atoms with Gasteiger partial charge in [0.2, 0.25) is 5.91 Å². The van der Waals surface area contributed by atoms with E-state index in [0.29, 0.717) is 12.6 Å². The van der Waals surface area contributed by atoms with Crippen molar-refractivity contribution in [2.45, 2.75) is 19.4 Å². The molecule has 1 aromatic heterocycles. The molecule has 3 heterocycles. The molecular weight excluding hydrogens is 330 g/mol. The average molecular weight is 356 g/mol. The molecule has 0 aliphatic carbocycles. The summed E-state index contributed by atoms with van der Waals surface area (Å²) < 4.78 is 0. The lowest BCUT2D eigenvalue weighted by molar-refractivity contribution is -0.133. The number of thiophene rings is 1. The van der Waals surface area contributed by atoms with E-state index in [0.717, 1.165) is 39.1 Å². The Morgan fingerprint density at radius 2 is 1.84 bits per heavy atom. The van der Waals surface area contributed by atoms with Gasteiger partial charge in [-0.3, -0.25) is 9.69 Å². The van der Waals surface area contributed by atoms with Crippen LogP contribution in [0.4, 0.5) is 5.69 Å². The lowest BCUT2D eigenvalue weighted by Crippen LogP contribution is -2.52. The third kappa shape index (κ3) is 3.44. The van der Waals surface area contributed by atoms with Crippen LogP contribution in [0.1, 0.15) is 23.4 Å². The molecule has 1 unspecified atom stereocenters. The smallest absolute Gasteiger partial charge is 0.236 e. The number of benzene rings is 1. The predicted molar refractivity (Wildman–Crippen MR) is 103 cm³/mol.